The van der Waals surface area contributed by atoms with E-state index >= 15 is 0 Å². The van der Waals surface area contributed by atoms with Gasteiger partial charge in [0, 0.05) is 12.2 Å². The molecule has 0 saturated heterocycles. The quantitative estimate of drug-likeness (QED) is 0.912. The van der Waals surface area contributed by atoms with E-state index in [4.69, 9.17) is 0 Å². The van der Waals surface area contributed by atoms with Crippen LogP contribution in [0, 0.1) is 13.8 Å². The lowest BCUT2D eigenvalue weighted by Gasteiger charge is -2.29. The largest absolute Gasteiger partial charge is 0.320 e. The summed E-state index contributed by atoms with van der Waals surface area (Å²) < 4.78 is 1.93. The average Bonchev–Trinajstić information content (AvgIpc) is 2.76. The Kier molecular flexibility index (Phi) is 2.97. The number of benzene rings is 1. The second-order valence-corrected chi connectivity index (χ2v) is 5.07. The van der Waals surface area contributed by atoms with Crippen molar-refractivity contribution in [2.24, 2.45) is 0 Å². The highest BCUT2D eigenvalue weighted by atomic mass is 16.2. The van der Waals surface area contributed by atoms with Gasteiger partial charge in [0.05, 0.1) is 5.69 Å². The second-order valence-electron chi connectivity index (χ2n) is 5.07. The van der Waals surface area contributed by atoms with Crippen LogP contribution >= 0.6 is 0 Å². The molecule has 5 nitrogen and oxygen atoms in total. The van der Waals surface area contributed by atoms with E-state index in [0.29, 0.717) is 6.54 Å². The molecule has 0 atom stereocenters. The Morgan fingerprint density at radius 1 is 1.25 bits per heavy atom. The lowest BCUT2D eigenvalue weighted by molar-refractivity contribution is -0.115. The number of hydrogen-bond acceptors (Lipinski definition) is 3. The van der Waals surface area contributed by atoms with E-state index in [1.165, 1.54) is 5.56 Å². The molecule has 0 radical (unpaired) electrons. The molecule has 0 unspecified atom stereocenters. The lowest BCUT2D eigenvalue weighted by atomic mass is 10.2. The lowest BCUT2D eigenvalue weighted by Crippen LogP contribution is -2.36. The Morgan fingerprint density at radius 2 is 1.95 bits per heavy atom. The molecule has 0 bridgehead atoms. The van der Waals surface area contributed by atoms with Crippen LogP contribution < -0.4 is 10.2 Å². The molecule has 2 heterocycles. The van der Waals surface area contributed by atoms with Gasteiger partial charge in [-0.05, 0) is 32.9 Å². The first-order chi connectivity index (χ1) is 9.60. The number of aryl methyl sites for hydroxylation is 3. The summed E-state index contributed by atoms with van der Waals surface area (Å²) in [6.07, 6.45) is 0. The van der Waals surface area contributed by atoms with Crippen molar-refractivity contribution in [2.75, 3.05) is 16.8 Å². The van der Waals surface area contributed by atoms with Crippen molar-refractivity contribution < 1.29 is 4.79 Å². The van der Waals surface area contributed by atoms with Crippen LogP contribution in [0.25, 0.3) is 0 Å². The Morgan fingerprint density at radius 3 is 2.60 bits per heavy atom. The van der Waals surface area contributed by atoms with Gasteiger partial charge in [-0.3, -0.25) is 4.79 Å². The zero-order valence-electron chi connectivity index (χ0n) is 12.0. The fraction of sp³-hybridized carbons (Fsp3) is 0.333. The van der Waals surface area contributed by atoms with E-state index < -0.39 is 0 Å². The van der Waals surface area contributed by atoms with Crippen LogP contribution in [0.1, 0.15) is 18.2 Å². The van der Waals surface area contributed by atoms with E-state index in [1.807, 2.05) is 28.6 Å². The Labute approximate surface area is 118 Å². The number of aromatic nitrogens is 2. The number of anilines is 3. The number of rotatable bonds is 2. The van der Waals surface area contributed by atoms with Crippen LogP contribution in [-0.2, 0) is 11.3 Å². The molecule has 1 aromatic heterocycles. The van der Waals surface area contributed by atoms with Crippen molar-refractivity contribution in [3.63, 3.8) is 0 Å². The number of fused-ring (bicyclic) bond motifs is 1. The molecular weight excluding hydrogens is 252 g/mol. The molecule has 1 N–H and O–H groups in total. The normalized spacial score (nSPS) is 14.2. The highest BCUT2D eigenvalue weighted by Gasteiger charge is 2.29. The third-order valence-corrected chi connectivity index (χ3v) is 3.57. The van der Waals surface area contributed by atoms with Crippen molar-refractivity contribution >= 4 is 23.1 Å². The predicted octanol–water partition coefficient (Wildman–Crippen LogP) is 2.61. The SMILES string of the molecule is CCn1nc(C)c2c1N(c1ccc(C)cc1)CC(=O)N2. The van der Waals surface area contributed by atoms with Crippen molar-refractivity contribution in [3.05, 3.63) is 35.5 Å². The molecule has 0 spiro atoms. The smallest absolute Gasteiger partial charge is 0.244 e. The van der Waals surface area contributed by atoms with Gasteiger partial charge in [-0.15, -0.1) is 0 Å². The highest BCUT2D eigenvalue weighted by molar-refractivity contribution is 6.03. The van der Waals surface area contributed by atoms with Gasteiger partial charge in [0.15, 0.2) is 5.82 Å². The number of amides is 1. The van der Waals surface area contributed by atoms with E-state index in [2.05, 4.69) is 36.4 Å². The topological polar surface area (TPSA) is 50.2 Å². The molecule has 1 amide bonds. The Hall–Kier alpha value is -2.30. The van der Waals surface area contributed by atoms with E-state index in [1.54, 1.807) is 0 Å². The molecule has 20 heavy (non-hydrogen) atoms. The van der Waals surface area contributed by atoms with Crippen molar-refractivity contribution in [1.29, 1.82) is 0 Å². The van der Waals surface area contributed by atoms with Gasteiger partial charge < -0.3 is 10.2 Å². The standard InChI is InChI=1S/C15H18N4O/c1-4-19-15-14(11(3)17-19)16-13(20)9-18(15)12-7-5-10(2)6-8-12/h5-8H,4,9H2,1-3H3,(H,16,20). The van der Waals surface area contributed by atoms with Gasteiger partial charge in [-0.25, -0.2) is 4.68 Å². The summed E-state index contributed by atoms with van der Waals surface area (Å²) in [5.74, 6) is 0.963. The van der Waals surface area contributed by atoms with Gasteiger partial charge in [0.1, 0.15) is 12.2 Å². The van der Waals surface area contributed by atoms with E-state index in [-0.39, 0.29) is 5.91 Å². The summed E-state index contributed by atoms with van der Waals surface area (Å²) in [6.45, 7) is 7.12. The van der Waals surface area contributed by atoms with Crippen LogP contribution in [0.3, 0.4) is 0 Å². The molecular formula is C15H18N4O. The number of hydrogen-bond donors (Lipinski definition) is 1. The molecule has 0 fully saturated rings. The van der Waals surface area contributed by atoms with Gasteiger partial charge in [-0.2, -0.15) is 5.10 Å². The predicted molar refractivity (Wildman–Crippen MR) is 79.5 cm³/mol. The van der Waals surface area contributed by atoms with Crippen molar-refractivity contribution in [3.8, 4) is 0 Å². The van der Waals surface area contributed by atoms with Crippen molar-refractivity contribution in [1.82, 2.24) is 9.78 Å². The fourth-order valence-electron chi connectivity index (χ4n) is 2.55. The summed E-state index contributed by atoms with van der Waals surface area (Å²) >= 11 is 0. The molecule has 1 aromatic carbocycles. The molecule has 1 aliphatic rings. The van der Waals surface area contributed by atoms with Crippen LogP contribution in [0.15, 0.2) is 24.3 Å². The Bertz CT molecular complexity index is 657. The summed E-state index contributed by atoms with van der Waals surface area (Å²) in [7, 11) is 0. The number of carbonyl (C=O) groups is 1. The summed E-state index contributed by atoms with van der Waals surface area (Å²) in [6, 6.07) is 8.20. The molecule has 1 aliphatic heterocycles. The minimum atomic E-state index is -0.00294. The maximum atomic E-state index is 11.9. The number of nitrogens with zero attached hydrogens (tertiary/aromatic N) is 3. The number of nitrogens with one attached hydrogen (secondary N) is 1. The molecule has 2 aromatic rings. The van der Waals surface area contributed by atoms with Crippen LogP contribution in [0.4, 0.5) is 17.2 Å². The zero-order chi connectivity index (χ0) is 14.3. The van der Waals surface area contributed by atoms with Crippen LogP contribution in [0.2, 0.25) is 0 Å². The highest BCUT2D eigenvalue weighted by Crippen LogP contribution is 2.37. The third-order valence-electron chi connectivity index (χ3n) is 3.57. The molecule has 3 rings (SSSR count). The zero-order valence-corrected chi connectivity index (χ0v) is 12.0. The maximum Gasteiger partial charge on any atom is 0.244 e. The maximum absolute atomic E-state index is 11.9. The van der Waals surface area contributed by atoms with Crippen molar-refractivity contribution in [2.45, 2.75) is 27.3 Å². The molecule has 0 saturated carbocycles. The van der Waals surface area contributed by atoms with Gasteiger partial charge >= 0.3 is 0 Å². The fourth-order valence-corrected chi connectivity index (χ4v) is 2.55. The minimum absolute atomic E-state index is 0.00294. The summed E-state index contributed by atoms with van der Waals surface area (Å²) in [5.41, 5.74) is 3.90. The minimum Gasteiger partial charge on any atom is -0.320 e. The van der Waals surface area contributed by atoms with Gasteiger partial charge in [0.25, 0.3) is 0 Å². The first kappa shape index (κ1) is 12.7. The summed E-state index contributed by atoms with van der Waals surface area (Å²) in [4.78, 5) is 14.0. The second kappa shape index (κ2) is 4.67. The molecule has 5 heteroatoms. The first-order valence-corrected chi connectivity index (χ1v) is 6.81. The van der Waals surface area contributed by atoms with E-state index in [9.17, 15) is 4.79 Å². The molecule has 104 valence electrons. The average molecular weight is 270 g/mol. The first-order valence-electron chi connectivity index (χ1n) is 6.81. The number of carbonyl (C=O) groups excluding carboxylic acids is 1. The van der Waals surface area contributed by atoms with Gasteiger partial charge in [-0.1, -0.05) is 17.7 Å². The van der Waals surface area contributed by atoms with Crippen LogP contribution in [-0.4, -0.2) is 22.2 Å². The van der Waals surface area contributed by atoms with Gasteiger partial charge in [0.2, 0.25) is 5.91 Å². The van der Waals surface area contributed by atoms with Crippen LogP contribution in [0.5, 0.6) is 0 Å². The monoisotopic (exact) mass is 270 g/mol. The Balaban J connectivity index is 2.14. The third kappa shape index (κ3) is 1.95. The van der Waals surface area contributed by atoms with E-state index in [0.717, 1.165) is 29.4 Å². The molecule has 0 aliphatic carbocycles. The summed E-state index contributed by atoms with van der Waals surface area (Å²) in [5, 5.41) is 7.43.